The van der Waals surface area contributed by atoms with Gasteiger partial charge in [-0.1, -0.05) is 38.1 Å². The monoisotopic (exact) mass is 383 g/mol. The Balaban J connectivity index is 1.70. The summed E-state index contributed by atoms with van der Waals surface area (Å²) in [5, 5.41) is 15.2. The molecule has 0 radical (unpaired) electrons. The second-order valence-electron chi connectivity index (χ2n) is 7.27. The average molecular weight is 383 g/mol. The van der Waals surface area contributed by atoms with Crippen molar-refractivity contribution in [3.8, 4) is 0 Å². The van der Waals surface area contributed by atoms with Gasteiger partial charge < -0.3 is 10.0 Å². The van der Waals surface area contributed by atoms with E-state index in [1.165, 1.54) is 11.3 Å². The van der Waals surface area contributed by atoms with Crippen LogP contribution in [0.15, 0.2) is 30.3 Å². The molecule has 6 nitrogen and oxygen atoms in total. The lowest BCUT2D eigenvalue weighted by atomic mass is 9.89. The lowest BCUT2D eigenvalue weighted by Crippen LogP contribution is -2.40. The number of carboxylic acid groups (broad SMARTS) is 1. The Morgan fingerprint density at radius 3 is 2.74 bits per heavy atom. The molecule has 0 spiro atoms. The normalized spacial score (nSPS) is 16.7. The van der Waals surface area contributed by atoms with Crippen molar-refractivity contribution < 1.29 is 14.7 Å². The first kappa shape index (κ1) is 17.7. The molecule has 1 unspecified atom stereocenters. The fourth-order valence-electron chi connectivity index (χ4n) is 3.73. The number of carbonyl (C=O) groups is 2. The molecular weight excluding hydrogens is 362 g/mol. The Labute approximate surface area is 161 Å². The third kappa shape index (κ3) is 2.92. The Bertz CT molecular complexity index is 1050. The molecule has 0 aliphatic carbocycles. The van der Waals surface area contributed by atoms with Crippen molar-refractivity contribution >= 4 is 33.4 Å². The van der Waals surface area contributed by atoms with E-state index < -0.39 is 11.9 Å². The zero-order chi connectivity index (χ0) is 19.3. The van der Waals surface area contributed by atoms with Crippen LogP contribution < -0.4 is 0 Å². The number of carbonyl (C=O) groups excluding carboxylic acids is 1. The molecule has 1 N–H and O–H groups in total. The van der Waals surface area contributed by atoms with Crippen molar-refractivity contribution in [2.24, 2.45) is 7.05 Å². The van der Waals surface area contributed by atoms with Gasteiger partial charge in [0.15, 0.2) is 0 Å². The fraction of sp³-hybridized carbons (Fsp3) is 0.350. The highest BCUT2D eigenvalue weighted by Gasteiger charge is 2.33. The zero-order valence-corrected chi connectivity index (χ0v) is 16.3. The molecule has 4 rings (SSSR count). The average Bonchev–Trinajstić information content (AvgIpc) is 3.20. The van der Waals surface area contributed by atoms with E-state index in [0.717, 1.165) is 27.0 Å². The second-order valence-corrected chi connectivity index (χ2v) is 8.30. The van der Waals surface area contributed by atoms with Crippen LogP contribution in [0.1, 0.15) is 52.2 Å². The van der Waals surface area contributed by atoms with Gasteiger partial charge >= 0.3 is 5.97 Å². The van der Waals surface area contributed by atoms with Crippen LogP contribution in [0.5, 0.6) is 0 Å². The molecule has 1 aliphatic rings. The van der Waals surface area contributed by atoms with E-state index in [0.29, 0.717) is 11.4 Å². The van der Waals surface area contributed by atoms with Crippen molar-refractivity contribution in [3.05, 3.63) is 52.0 Å². The minimum Gasteiger partial charge on any atom is -0.481 e. The molecular formula is C20H21N3O3S. The van der Waals surface area contributed by atoms with E-state index in [1.807, 2.05) is 42.1 Å². The van der Waals surface area contributed by atoms with Crippen LogP contribution in [0.25, 0.3) is 10.2 Å². The maximum absolute atomic E-state index is 13.2. The second kappa shape index (κ2) is 6.49. The first-order chi connectivity index (χ1) is 12.9. The topological polar surface area (TPSA) is 75.4 Å². The summed E-state index contributed by atoms with van der Waals surface area (Å²) in [6, 6.07) is 9.37. The van der Waals surface area contributed by atoms with Crippen LogP contribution in [-0.2, 0) is 18.4 Å². The van der Waals surface area contributed by atoms with Gasteiger partial charge in [0, 0.05) is 25.5 Å². The maximum atomic E-state index is 13.2. The first-order valence-electron chi connectivity index (χ1n) is 8.93. The number of thiophene rings is 1. The number of amides is 1. The standard InChI is InChI=1S/C20H21N3O3S/c1-11(2)17-14-8-16(27-19(14)22(3)21-17)18(24)23-9-12-6-4-5-7-13(12)15(10-23)20(25)26/h4-8,11,15H,9-10H2,1-3H3,(H,25,26). The molecule has 0 saturated carbocycles. The van der Waals surface area contributed by atoms with Crippen molar-refractivity contribution in [2.75, 3.05) is 6.54 Å². The molecule has 27 heavy (non-hydrogen) atoms. The number of hydrogen-bond acceptors (Lipinski definition) is 4. The Morgan fingerprint density at radius 1 is 1.30 bits per heavy atom. The molecule has 0 fully saturated rings. The summed E-state index contributed by atoms with van der Waals surface area (Å²) < 4.78 is 1.82. The number of aliphatic carboxylic acids is 1. The number of hydrogen-bond donors (Lipinski definition) is 1. The minimum atomic E-state index is -0.900. The van der Waals surface area contributed by atoms with Gasteiger partial charge in [0.1, 0.15) is 4.83 Å². The molecule has 1 aliphatic heterocycles. The predicted octanol–water partition coefficient (Wildman–Crippen LogP) is 3.58. The summed E-state index contributed by atoms with van der Waals surface area (Å²) in [7, 11) is 1.89. The Morgan fingerprint density at radius 2 is 2.04 bits per heavy atom. The summed E-state index contributed by atoms with van der Waals surface area (Å²) in [6.07, 6.45) is 0. The van der Waals surface area contributed by atoms with Crippen LogP contribution >= 0.6 is 11.3 Å². The SMILES string of the molecule is CC(C)c1nn(C)c2sc(C(=O)N3Cc4ccccc4C(C(=O)O)C3)cc12. The molecule has 3 aromatic rings. The van der Waals surface area contributed by atoms with Gasteiger partial charge in [0.05, 0.1) is 16.5 Å². The largest absolute Gasteiger partial charge is 0.481 e. The van der Waals surface area contributed by atoms with E-state index in [-0.39, 0.29) is 18.4 Å². The van der Waals surface area contributed by atoms with Crippen molar-refractivity contribution in [3.63, 3.8) is 0 Å². The van der Waals surface area contributed by atoms with E-state index in [9.17, 15) is 14.7 Å². The van der Waals surface area contributed by atoms with Crippen molar-refractivity contribution in [2.45, 2.75) is 32.2 Å². The van der Waals surface area contributed by atoms with Crippen LogP contribution in [-0.4, -0.2) is 38.2 Å². The molecule has 7 heteroatoms. The third-order valence-electron chi connectivity index (χ3n) is 5.08. The number of nitrogens with zero attached hydrogens (tertiary/aromatic N) is 3. The summed E-state index contributed by atoms with van der Waals surface area (Å²) in [4.78, 5) is 28.1. The van der Waals surface area contributed by atoms with Gasteiger partial charge in [-0.3, -0.25) is 14.3 Å². The molecule has 0 bridgehead atoms. The van der Waals surface area contributed by atoms with Gasteiger partial charge in [-0.2, -0.15) is 5.10 Å². The molecule has 1 aromatic carbocycles. The zero-order valence-electron chi connectivity index (χ0n) is 15.5. The highest BCUT2D eigenvalue weighted by molar-refractivity contribution is 7.20. The molecule has 2 aromatic heterocycles. The van der Waals surface area contributed by atoms with Gasteiger partial charge in [0.2, 0.25) is 0 Å². The van der Waals surface area contributed by atoms with Crippen LogP contribution in [0.2, 0.25) is 0 Å². The van der Waals surface area contributed by atoms with Gasteiger partial charge in [0.25, 0.3) is 5.91 Å². The van der Waals surface area contributed by atoms with Crippen LogP contribution in [0, 0.1) is 0 Å². The van der Waals surface area contributed by atoms with Crippen molar-refractivity contribution in [1.82, 2.24) is 14.7 Å². The number of fused-ring (bicyclic) bond motifs is 2. The van der Waals surface area contributed by atoms with Gasteiger partial charge in [-0.05, 0) is 23.1 Å². The van der Waals surface area contributed by atoms with E-state index in [2.05, 4.69) is 18.9 Å². The number of benzene rings is 1. The van der Waals surface area contributed by atoms with Gasteiger partial charge in [-0.15, -0.1) is 11.3 Å². The predicted molar refractivity (Wildman–Crippen MR) is 104 cm³/mol. The number of aromatic nitrogens is 2. The highest BCUT2D eigenvalue weighted by Crippen LogP contribution is 2.34. The van der Waals surface area contributed by atoms with E-state index in [4.69, 9.17) is 0 Å². The smallest absolute Gasteiger partial charge is 0.312 e. The first-order valence-corrected chi connectivity index (χ1v) is 9.74. The molecule has 3 heterocycles. The fourth-order valence-corrected chi connectivity index (χ4v) is 4.77. The Hall–Kier alpha value is -2.67. The lowest BCUT2D eigenvalue weighted by Gasteiger charge is -2.32. The summed E-state index contributed by atoms with van der Waals surface area (Å²) >= 11 is 1.42. The van der Waals surface area contributed by atoms with E-state index in [1.54, 1.807) is 4.90 Å². The highest BCUT2D eigenvalue weighted by atomic mass is 32.1. The lowest BCUT2D eigenvalue weighted by molar-refractivity contribution is -0.139. The number of carboxylic acids is 1. The number of aryl methyl sites for hydroxylation is 1. The quantitative estimate of drug-likeness (QED) is 0.750. The minimum absolute atomic E-state index is 0.119. The summed E-state index contributed by atoms with van der Waals surface area (Å²) in [5.41, 5.74) is 2.68. The molecule has 0 saturated heterocycles. The number of rotatable bonds is 3. The third-order valence-corrected chi connectivity index (χ3v) is 6.27. The van der Waals surface area contributed by atoms with Crippen LogP contribution in [0.4, 0.5) is 0 Å². The van der Waals surface area contributed by atoms with Crippen LogP contribution in [0.3, 0.4) is 0 Å². The maximum Gasteiger partial charge on any atom is 0.312 e. The van der Waals surface area contributed by atoms with Gasteiger partial charge in [-0.25, -0.2) is 0 Å². The molecule has 1 amide bonds. The molecule has 1 atom stereocenters. The summed E-state index contributed by atoms with van der Waals surface area (Å²) in [5.74, 6) is -1.44. The van der Waals surface area contributed by atoms with E-state index >= 15 is 0 Å². The Kier molecular flexibility index (Phi) is 4.26. The van der Waals surface area contributed by atoms with Crippen molar-refractivity contribution in [1.29, 1.82) is 0 Å². The molecule has 140 valence electrons. The summed E-state index contributed by atoms with van der Waals surface area (Å²) in [6.45, 7) is 4.79.